The zero-order chi connectivity index (χ0) is 23.1. The molecular weight excluding hydrogens is 446 g/mol. The third-order valence-corrected chi connectivity index (χ3v) is 7.89. The van der Waals surface area contributed by atoms with Gasteiger partial charge in [0.05, 0.1) is 34.1 Å². The molecule has 1 amide bonds. The Kier molecular flexibility index (Phi) is 5.50. The van der Waals surface area contributed by atoms with Crippen LogP contribution in [0.5, 0.6) is 0 Å². The molecule has 1 aromatic carbocycles. The molecule has 9 heteroatoms. The summed E-state index contributed by atoms with van der Waals surface area (Å²) in [6.07, 6.45) is 9.88. The van der Waals surface area contributed by atoms with Crippen molar-refractivity contribution < 1.29 is 4.79 Å². The van der Waals surface area contributed by atoms with E-state index in [0.29, 0.717) is 5.82 Å². The Morgan fingerprint density at radius 3 is 2.82 bits per heavy atom. The van der Waals surface area contributed by atoms with Crippen molar-refractivity contribution in [2.24, 2.45) is 0 Å². The number of likely N-dealkylation sites (tertiary alicyclic amines) is 1. The van der Waals surface area contributed by atoms with Crippen molar-refractivity contribution in [3.8, 4) is 21.7 Å². The van der Waals surface area contributed by atoms with E-state index in [0.717, 1.165) is 70.8 Å². The molecule has 174 valence electrons. The fraction of sp³-hybridized carbons (Fsp3) is 0.360. The molecule has 4 aromatic rings. The summed E-state index contributed by atoms with van der Waals surface area (Å²) in [6, 6.07) is 10.1. The fourth-order valence-corrected chi connectivity index (χ4v) is 5.91. The number of piperidine rings is 1. The number of carbonyl (C=O) groups excluding carboxylic acids is 1. The van der Waals surface area contributed by atoms with Crippen molar-refractivity contribution in [2.45, 2.75) is 37.8 Å². The molecule has 0 saturated carbocycles. The summed E-state index contributed by atoms with van der Waals surface area (Å²) in [5, 5.41) is 8.90. The molecule has 0 aliphatic carbocycles. The van der Waals surface area contributed by atoms with Gasteiger partial charge < -0.3 is 16.0 Å². The smallest absolute Gasteiger partial charge is 0.239 e. The van der Waals surface area contributed by atoms with Crippen LogP contribution in [0.4, 0.5) is 5.82 Å². The highest BCUT2D eigenvalue weighted by Gasteiger charge is 2.34. The highest BCUT2D eigenvalue weighted by atomic mass is 32.1. The molecule has 2 saturated heterocycles. The van der Waals surface area contributed by atoms with Gasteiger partial charge >= 0.3 is 0 Å². The van der Waals surface area contributed by atoms with Gasteiger partial charge in [-0.3, -0.25) is 9.48 Å². The number of hydrogen-bond acceptors (Lipinski definition) is 7. The Morgan fingerprint density at radius 2 is 1.97 bits per heavy atom. The Morgan fingerprint density at radius 1 is 1.12 bits per heavy atom. The Balaban J connectivity index is 1.21. The van der Waals surface area contributed by atoms with Crippen LogP contribution in [-0.2, 0) is 4.79 Å². The number of anilines is 1. The maximum absolute atomic E-state index is 12.9. The lowest BCUT2D eigenvalue weighted by atomic mass is 10.1. The maximum atomic E-state index is 12.9. The van der Waals surface area contributed by atoms with Crippen molar-refractivity contribution in [3.05, 3.63) is 48.9 Å². The Hall–Kier alpha value is -3.30. The van der Waals surface area contributed by atoms with Crippen molar-refractivity contribution in [1.82, 2.24) is 30.0 Å². The molecule has 2 fully saturated rings. The highest BCUT2D eigenvalue weighted by molar-refractivity contribution is 7.21. The molecule has 6 rings (SSSR count). The van der Waals surface area contributed by atoms with Crippen LogP contribution in [0.1, 0.15) is 31.7 Å². The van der Waals surface area contributed by atoms with Gasteiger partial charge in [0.15, 0.2) is 0 Å². The standard InChI is InChI=1S/C25H27N7OS/c26-23-19(24-30-20-6-2-3-7-22(20)34-24)10-16(12-28-23)17-13-29-32(15-17)18-11-21(27-14-18)25(33)31-8-4-1-5-9-31/h2-3,6-7,10,12-13,15,18,21,27H,1,4-5,8-9,11,14H2,(H2,26,28)/t18-,21?/m0/s1. The summed E-state index contributed by atoms with van der Waals surface area (Å²) in [5.41, 5.74) is 9.94. The Bertz CT molecular complexity index is 1310. The number of para-hydroxylation sites is 1. The molecule has 5 heterocycles. The van der Waals surface area contributed by atoms with Gasteiger partial charge in [0.1, 0.15) is 10.8 Å². The number of nitrogens with two attached hydrogens (primary N) is 1. The number of benzene rings is 1. The average molecular weight is 474 g/mol. The topological polar surface area (TPSA) is 102 Å². The Labute approximate surface area is 201 Å². The van der Waals surface area contributed by atoms with Gasteiger partial charge in [-0.25, -0.2) is 9.97 Å². The number of fused-ring (bicyclic) bond motifs is 1. The van der Waals surface area contributed by atoms with E-state index in [1.54, 1.807) is 17.5 Å². The first-order valence-corrected chi connectivity index (χ1v) is 12.7. The van der Waals surface area contributed by atoms with Gasteiger partial charge in [-0.1, -0.05) is 12.1 Å². The normalized spacial score (nSPS) is 20.8. The predicted molar refractivity (Wildman–Crippen MR) is 134 cm³/mol. The van der Waals surface area contributed by atoms with Crippen molar-refractivity contribution in [3.63, 3.8) is 0 Å². The van der Waals surface area contributed by atoms with Crippen LogP contribution in [0.3, 0.4) is 0 Å². The number of rotatable bonds is 4. The molecule has 8 nitrogen and oxygen atoms in total. The number of hydrogen-bond donors (Lipinski definition) is 2. The SMILES string of the molecule is Nc1ncc(-c2cnn([C@@H]3CNC(C(=O)N4CCCCC4)C3)c2)cc1-c1nc2ccccc2s1. The van der Waals surface area contributed by atoms with E-state index >= 15 is 0 Å². The molecule has 34 heavy (non-hydrogen) atoms. The van der Waals surface area contributed by atoms with Crippen LogP contribution in [-0.4, -0.2) is 56.2 Å². The predicted octanol–water partition coefficient (Wildman–Crippen LogP) is 3.72. The molecule has 3 aromatic heterocycles. The van der Waals surface area contributed by atoms with Gasteiger partial charge in [-0.05, 0) is 43.9 Å². The van der Waals surface area contributed by atoms with E-state index in [4.69, 9.17) is 10.7 Å². The summed E-state index contributed by atoms with van der Waals surface area (Å²) >= 11 is 1.61. The van der Waals surface area contributed by atoms with E-state index in [9.17, 15) is 4.79 Å². The van der Waals surface area contributed by atoms with Gasteiger partial charge in [0.25, 0.3) is 0 Å². The lowest BCUT2D eigenvalue weighted by molar-refractivity contribution is -0.134. The quantitative estimate of drug-likeness (QED) is 0.468. The van der Waals surface area contributed by atoms with Gasteiger partial charge in [-0.15, -0.1) is 11.3 Å². The van der Waals surface area contributed by atoms with Crippen LogP contribution in [0.15, 0.2) is 48.9 Å². The van der Waals surface area contributed by atoms with Crippen molar-refractivity contribution in [1.29, 1.82) is 0 Å². The van der Waals surface area contributed by atoms with Crippen LogP contribution in [0.2, 0.25) is 0 Å². The molecule has 0 radical (unpaired) electrons. The molecule has 2 atom stereocenters. The minimum Gasteiger partial charge on any atom is -0.383 e. The third kappa shape index (κ3) is 3.95. The summed E-state index contributed by atoms with van der Waals surface area (Å²) in [5.74, 6) is 0.701. The van der Waals surface area contributed by atoms with E-state index in [2.05, 4.69) is 21.5 Å². The fourth-order valence-electron chi connectivity index (χ4n) is 4.92. The van der Waals surface area contributed by atoms with Crippen molar-refractivity contribution >= 4 is 33.3 Å². The molecule has 3 N–H and O–H groups in total. The molecule has 1 unspecified atom stereocenters. The summed E-state index contributed by atoms with van der Waals surface area (Å²) < 4.78 is 3.09. The number of nitrogens with zero attached hydrogens (tertiary/aromatic N) is 5. The number of amides is 1. The van der Waals surface area contributed by atoms with E-state index < -0.39 is 0 Å². The molecule has 0 bridgehead atoms. The van der Waals surface area contributed by atoms with E-state index in [1.165, 1.54) is 6.42 Å². The second-order valence-corrected chi connectivity index (χ2v) is 10.1. The lowest BCUT2D eigenvalue weighted by Crippen LogP contribution is -2.45. The first kappa shape index (κ1) is 21.2. The zero-order valence-electron chi connectivity index (χ0n) is 18.9. The highest BCUT2D eigenvalue weighted by Crippen LogP contribution is 2.35. The monoisotopic (exact) mass is 473 g/mol. The number of nitrogen functional groups attached to an aromatic ring is 1. The van der Waals surface area contributed by atoms with Gasteiger partial charge in [0.2, 0.25) is 5.91 Å². The lowest BCUT2D eigenvalue weighted by Gasteiger charge is -2.29. The van der Waals surface area contributed by atoms with Crippen LogP contribution in [0.25, 0.3) is 31.9 Å². The second-order valence-electron chi connectivity index (χ2n) is 9.09. The summed E-state index contributed by atoms with van der Waals surface area (Å²) in [4.78, 5) is 24.1. The van der Waals surface area contributed by atoms with E-state index in [1.807, 2.05) is 46.2 Å². The number of carbonyl (C=O) groups is 1. The minimum atomic E-state index is -0.125. The number of thiazole rings is 1. The maximum Gasteiger partial charge on any atom is 0.239 e. The van der Waals surface area contributed by atoms with Crippen molar-refractivity contribution in [2.75, 3.05) is 25.4 Å². The number of aromatic nitrogens is 4. The van der Waals surface area contributed by atoms with Crippen LogP contribution >= 0.6 is 11.3 Å². The molecule has 0 spiro atoms. The summed E-state index contributed by atoms with van der Waals surface area (Å²) in [6.45, 7) is 2.51. The first-order valence-electron chi connectivity index (χ1n) is 11.8. The van der Waals surface area contributed by atoms with Crippen LogP contribution in [0, 0.1) is 0 Å². The average Bonchev–Trinajstić information content (AvgIpc) is 3.63. The van der Waals surface area contributed by atoms with Gasteiger partial charge in [0, 0.05) is 43.2 Å². The minimum absolute atomic E-state index is 0.125. The van der Waals surface area contributed by atoms with E-state index in [-0.39, 0.29) is 18.0 Å². The molecule has 2 aliphatic rings. The molecule has 2 aliphatic heterocycles. The summed E-state index contributed by atoms with van der Waals surface area (Å²) in [7, 11) is 0. The second kappa shape index (κ2) is 8.81. The third-order valence-electron chi connectivity index (χ3n) is 6.83. The largest absolute Gasteiger partial charge is 0.383 e. The van der Waals surface area contributed by atoms with Crippen LogP contribution < -0.4 is 11.1 Å². The number of pyridine rings is 1. The molecular formula is C25H27N7OS. The number of nitrogens with one attached hydrogen (secondary N) is 1. The van der Waals surface area contributed by atoms with Gasteiger partial charge in [-0.2, -0.15) is 5.10 Å². The first-order chi connectivity index (χ1) is 16.7. The zero-order valence-corrected chi connectivity index (χ0v) is 19.7.